The molecule has 16 heteroatoms. The van der Waals surface area contributed by atoms with Crippen molar-refractivity contribution in [2.24, 2.45) is 0 Å². The molecule has 14 nitrogen and oxygen atoms in total. The molecule has 0 bridgehead atoms. The minimum Gasteiger partial charge on any atom is -0.462 e. The molecule has 0 amide bonds. The van der Waals surface area contributed by atoms with Crippen LogP contribution in [0.1, 0.15) is 136 Å². The van der Waals surface area contributed by atoms with E-state index in [0.29, 0.717) is 19.3 Å². The molecule has 60 heavy (non-hydrogen) atoms. The number of carbonyl (C=O) groups excluding carboxylic acids is 2. The number of carbonyl (C=O) groups is 2. The molecule has 0 fully saturated rings. The van der Waals surface area contributed by atoms with E-state index in [1.807, 2.05) is 18.2 Å². The van der Waals surface area contributed by atoms with Crippen LogP contribution in [0.15, 0.2) is 85.1 Å². The zero-order valence-electron chi connectivity index (χ0n) is 35.9. The van der Waals surface area contributed by atoms with Crippen LogP contribution in [0.25, 0.3) is 0 Å². The lowest BCUT2D eigenvalue weighted by molar-refractivity contribution is -0.161. The lowest BCUT2D eigenvalue weighted by atomic mass is 10.1. The van der Waals surface area contributed by atoms with Crippen molar-refractivity contribution in [3.05, 3.63) is 85.1 Å². The molecule has 0 rings (SSSR count). The van der Waals surface area contributed by atoms with Gasteiger partial charge in [0.15, 0.2) is 6.10 Å². The molecule has 0 aromatic carbocycles. The van der Waals surface area contributed by atoms with E-state index in [2.05, 4.69) is 83.7 Å². The summed E-state index contributed by atoms with van der Waals surface area (Å²) in [6, 6.07) is 0. The monoisotopic (exact) mass is 888 g/mol. The number of allylic oxidation sites excluding steroid dienone is 13. The number of phosphoric acid groups is 2. The topological polar surface area (TPSA) is 216 Å². The molecule has 0 radical (unpaired) electrons. The molecule has 0 saturated heterocycles. The van der Waals surface area contributed by atoms with Gasteiger partial charge in [-0.05, 0) is 70.6 Å². The summed E-state index contributed by atoms with van der Waals surface area (Å²) in [5.41, 5.74) is 0. The van der Waals surface area contributed by atoms with Crippen LogP contribution < -0.4 is 0 Å². The minimum absolute atomic E-state index is 0.0781. The maximum Gasteiger partial charge on any atom is 0.472 e. The standard InChI is InChI=1S/C44H74O14P2/c1-3-5-7-9-11-12-13-14-15-16-17-18-19-20-22-26-31-35-44(48)58-42(39-57-60(52,53)56-37-41(46)36-55-59(49,50)51)38-54-43(47)34-30-27-23-25-29-33-40(45)32-28-24-21-10-8-6-4-2/h5-8,11-12,14-15,17-18,21,24,28,32,40-42,45-46H,3-4,9-10,13,16,19-20,22-23,25-27,29-31,33-39H2,1-2H3,(H,52,53)(H2,49,50,51)/b7-5-,8-6+,12-11-,15-14-,18-17-,24-21+,32-28+/t40?,41-,42+/m0/s1. The van der Waals surface area contributed by atoms with Crippen molar-refractivity contribution in [1.29, 1.82) is 0 Å². The van der Waals surface area contributed by atoms with Gasteiger partial charge in [-0.1, -0.05) is 137 Å². The molecule has 0 aliphatic heterocycles. The fourth-order valence-corrected chi connectivity index (χ4v) is 6.32. The summed E-state index contributed by atoms with van der Waals surface area (Å²) < 4.78 is 47.7. The number of hydrogen-bond donors (Lipinski definition) is 5. The van der Waals surface area contributed by atoms with Gasteiger partial charge in [0.2, 0.25) is 0 Å². The van der Waals surface area contributed by atoms with Crippen molar-refractivity contribution in [3.8, 4) is 0 Å². The summed E-state index contributed by atoms with van der Waals surface area (Å²) >= 11 is 0. The Balaban J connectivity index is 4.67. The lowest BCUT2D eigenvalue weighted by Crippen LogP contribution is -2.30. The van der Waals surface area contributed by atoms with Crippen molar-refractivity contribution in [2.75, 3.05) is 26.4 Å². The molecular weight excluding hydrogens is 814 g/mol. The predicted octanol–water partition coefficient (Wildman–Crippen LogP) is 9.75. The van der Waals surface area contributed by atoms with Crippen molar-refractivity contribution >= 4 is 27.6 Å². The molecule has 2 unspecified atom stereocenters. The van der Waals surface area contributed by atoms with Gasteiger partial charge in [-0.25, -0.2) is 9.13 Å². The highest BCUT2D eigenvalue weighted by Gasteiger charge is 2.28. The average Bonchev–Trinajstić information content (AvgIpc) is 3.20. The van der Waals surface area contributed by atoms with Gasteiger partial charge in [-0.3, -0.25) is 23.2 Å². The third-order valence-electron chi connectivity index (χ3n) is 8.37. The van der Waals surface area contributed by atoms with Gasteiger partial charge in [-0.15, -0.1) is 0 Å². The Morgan fingerprint density at radius 1 is 0.550 bits per heavy atom. The van der Waals surface area contributed by atoms with E-state index in [-0.39, 0.29) is 12.8 Å². The van der Waals surface area contributed by atoms with Crippen molar-refractivity contribution in [2.45, 2.75) is 154 Å². The summed E-state index contributed by atoms with van der Waals surface area (Å²) in [5.74, 6) is -1.14. The first-order valence-electron chi connectivity index (χ1n) is 21.4. The molecule has 0 aromatic heterocycles. The van der Waals surface area contributed by atoms with E-state index in [1.54, 1.807) is 6.08 Å². The largest absolute Gasteiger partial charge is 0.472 e. The number of aliphatic hydroxyl groups excluding tert-OH is 2. The quantitative estimate of drug-likeness (QED) is 0.0128. The van der Waals surface area contributed by atoms with Crippen LogP contribution in [0.2, 0.25) is 0 Å². The molecule has 0 heterocycles. The highest BCUT2D eigenvalue weighted by molar-refractivity contribution is 7.47. The average molecular weight is 889 g/mol. The Kier molecular flexibility index (Phi) is 37.3. The van der Waals surface area contributed by atoms with Crippen LogP contribution in [0, 0.1) is 0 Å². The maximum absolute atomic E-state index is 12.7. The van der Waals surface area contributed by atoms with Gasteiger partial charge < -0.3 is 34.4 Å². The molecule has 0 saturated carbocycles. The summed E-state index contributed by atoms with van der Waals surface area (Å²) in [5, 5.41) is 19.9. The molecule has 4 atom stereocenters. The summed E-state index contributed by atoms with van der Waals surface area (Å²) in [4.78, 5) is 52.7. The van der Waals surface area contributed by atoms with Gasteiger partial charge in [0.1, 0.15) is 12.7 Å². The molecule has 0 aliphatic rings. The normalized spacial score (nSPS) is 15.4. The molecule has 5 N–H and O–H groups in total. The van der Waals surface area contributed by atoms with E-state index in [4.69, 9.17) is 23.8 Å². The zero-order valence-corrected chi connectivity index (χ0v) is 37.7. The summed E-state index contributed by atoms with van der Waals surface area (Å²) in [7, 11) is -9.72. The van der Waals surface area contributed by atoms with Crippen LogP contribution in [0.3, 0.4) is 0 Å². The zero-order chi connectivity index (χ0) is 44.6. The Morgan fingerprint density at radius 3 is 1.67 bits per heavy atom. The van der Waals surface area contributed by atoms with E-state index >= 15 is 0 Å². The number of rotatable bonds is 39. The molecule has 344 valence electrons. The van der Waals surface area contributed by atoms with Crippen LogP contribution in [-0.4, -0.2) is 81.6 Å². The first-order valence-corrected chi connectivity index (χ1v) is 24.4. The number of aliphatic hydroxyl groups is 2. The number of ether oxygens (including phenoxy) is 2. The second-order valence-corrected chi connectivity index (χ2v) is 16.7. The number of esters is 2. The SMILES string of the molecule is CC/C=C\C/C=C\C/C=C\C/C=C\CCCCCCC(=O)O[C@H](COC(=O)CCCCCCCC(O)/C=C/C=C/C/C=C/CC)COP(=O)(O)OC[C@@H](O)COP(=O)(O)O. The van der Waals surface area contributed by atoms with Crippen LogP contribution in [0.5, 0.6) is 0 Å². The second-order valence-electron chi connectivity index (χ2n) is 14.1. The summed E-state index contributed by atoms with van der Waals surface area (Å²) in [6.07, 6.45) is 40.2. The molecular formula is C44H74O14P2. The maximum atomic E-state index is 12.7. The highest BCUT2D eigenvalue weighted by atomic mass is 31.2. The van der Waals surface area contributed by atoms with Crippen molar-refractivity contribution in [3.63, 3.8) is 0 Å². The Labute approximate surface area is 359 Å². The van der Waals surface area contributed by atoms with Crippen molar-refractivity contribution in [1.82, 2.24) is 0 Å². The first kappa shape index (κ1) is 57.3. The van der Waals surface area contributed by atoms with Crippen molar-refractivity contribution < 1.29 is 66.7 Å². The molecule has 0 aliphatic carbocycles. The number of hydrogen-bond acceptors (Lipinski definition) is 11. The van der Waals surface area contributed by atoms with E-state index in [1.165, 1.54) is 0 Å². The smallest absolute Gasteiger partial charge is 0.462 e. The lowest BCUT2D eigenvalue weighted by Gasteiger charge is -2.20. The van der Waals surface area contributed by atoms with Crippen LogP contribution in [-0.2, 0) is 41.8 Å². The van der Waals surface area contributed by atoms with Gasteiger partial charge in [0.05, 0.1) is 25.9 Å². The van der Waals surface area contributed by atoms with E-state index in [0.717, 1.165) is 89.9 Å². The van der Waals surface area contributed by atoms with Gasteiger partial charge >= 0.3 is 27.6 Å². The number of phosphoric ester groups is 2. The predicted molar refractivity (Wildman–Crippen MR) is 236 cm³/mol. The van der Waals surface area contributed by atoms with Crippen LogP contribution >= 0.6 is 15.6 Å². The fraction of sp³-hybridized carbons (Fsp3) is 0.636. The minimum atomic E-state index is -4.88. The van der Waals surface area contributed by atoms with E-state index < -0.39 is 72.3 Å². The van der Waals surface area contributed by atoms with Gasteiger partial charge in [0.25, 0.3) is 0 Å². The Morgan fingerprint density at radius 2 is 1.05 bits per heavy atom. The molecule has 0 aromatic rings. The Bertz CT molecular complexity index is 1400. The van der Waals surface area contributed by atoms with Crippen LogP contribution in [0.4, 0.5) is 0 Å². The summed E-state index contributed by atoms with van der Waals surface area (Å²) in [6.45, 7) is 1.36. The first-order chi connectivity index (χ1) is 28.8. The Hall–Kier alpha value is -2.74. The van der Waals surface area contributed by atoms with Gasteiger partial charge in [-0.2, -0.15) is 0 Å². The second kappa shape index (κ2) is 39.1. The van der Waals surface area contributed by atoms with Gasteiger partial charge in [0, 0.05) is 12.8 Å². The fourth-order valence-electron chi connectivity index (χ4n) is 5.17. The number of unbranched alkanes of at least 4 members (excludes halogenated alkanes) is 8. The van der Waals surface area contributed by atoms with E-state index in [9.17, 15) is 33.8 Å². The third-order valence-corrected chi connectivity index (χ3v) is 9.81. The highest BCUT2D eigenvalue weighted by Crippen LogP contribution is 2.43. The molecule has 0 spiro atoms. The third kappa shape index (κ3) is 42.0.